The molecule has 1 rings (SSSR count). The largest absolute Gasteiger partial charge is 0.352 e. The van der Waals surface area contributed by atoms with Gasteiger partial charge in [0.2, 0.25) is 5.91 Å². The first-order chi connectivity index (χ1) is 9.31. The Balaban J connectivity index is 2.85. The number of hydrogen-bond acceptors (Lipinski definition) is 3. The Morgan fingerprint density at radius 3 is 2.35 bits per heavy atom. The molecule has 0 radical (unpaired) electrons. The third-order valence-electron chi connectivity index (χ3n) is 2.78. The van der Waals surface area contributed by atoms with Gasteiger partial charge >= 0.3 is 6.03 Å². The summed E-state index contributed by atoms with van der Waals surface area (Å²) < 4.78 is 0. The lowest BCUT2D eigenvalue weighted by molar-refractivity contribution is -0.118. The van der Waals surface area contributed by atoms with Crippen LogP contribution >= 0.6 is 0 Å². The van der Waals surface area contributed by atoms with E-state index >= 15 is 0 Å². The van der Waals surface area contributed by atoms with Crippen molar-refractivity contribution in [3.05, 3.63) is 29.8 Å². The molecular weight excluding hydrogens is 258 g/mol. The second-order valence-corrected chi connectivity index (χ2v) is 4.86. The molecule has 0 bridgehead atoms. The Kier molecular flexibility index (Phi) is 5.25. The van der Waals surface area contributed by atoms with Gasteiger partial charge in [-0.1, -0.05) is 26.0 Å². The third kappa shape index (κ3) is 4.38. The van der Waals surface area contributed by atoms with Crippen LogP contribution in [0.4, 0.5) is 10.5 Å². The van der Waals surface area contributed by atoms with Crippen molar-refractivity contribution in [2.24, 2.45) is 11.7 Å². The van der Waals surface area contributed by atoms with Gasteiger partial charge in [0.05, 0.1) is 0 Å². The number of carbonyl (C=O) groups is 3. The molecule has 6 heteroatoms. The molecule has 4 N–H and O–H groups in total. The smallest absolute Gasteiger partial charge is 0.312 e. The van der Waals surface area contributed by atoms with Crippen molar-refractivity contribution in [1.29, 1.82) is 0 Å². The molecule has 0 spiro atoms. The fraction of sp³-hybridized carbons (Fsp3) is 0.357. The lowest BCUT2D eigenvalue weighted by Gasteiger charge is -2.20. The summed E-state index contributed by atoms with van der Waals surface area (Å²) in [6.07, 6.45) is 0. The SMILES string of the molecule is CC(=O)c1cccc(NC(=O)[C@@H](NC(N)=O)C(C)C)c1. The number of hydrogen-bond donors (Lipinski definition) is 3. The molecule has 0 unspecified atom stereocenters. The number of anilines is 1. The van der Waals surface area contributed by atoms with Crippen molar-refractivity contribution in [3.63, 3.8) is 0 Å². The first-order valence-corrected chi connectivity index (χ1v) is 6.29. The van der Waals surface area contributed by atoms with Crippen LogP contribution < -0.4 is 16.4 Å². The minimum absolute atomic E-state index is 0.0863. The summed E-state index contributed by atoms with van der Waals surface area (Å²) >= 11 is 0. The molecule has 1 aromatic carbocycles. The number of primary amides is 1. The van der Waals surface area contributed by atoms with Gasteiger partial charge in [-0.3, -0.25) is 9.59 Å². The van der Waals surface area contributed by atoms with Crippen LogP contribution in [0.2, 0.25) is 0 Å². The number of amides is 3. The number of benzene rings is 1. The number of ketones is 1. The fourth-order valence-corrected chi connectivity index (χ4v) is 1.72. The molecule has 0 heterocycles. The zero-order valence-electron chi connectivity index (χ0n) is 11.8. The number of urea groups is 1. The van der Waals surface area contributed by atoms with Crippen molar-refractivity contribution < 1.29 is 14.4 Å². The molecule has 108 valence electrons. The average molecular weight is 277 g/mol. The number of carbonyl (C=O) groups excluding carboxylic acids is 3. The van der Waals surface area contributed by atoms with Gasteiger partial charge in [-0.15, -0.1) is 0 Å². The molecule has 0 saturated heterocycles. The van der Waals surface area contributed by atoms with Gasteiger partial charge in [-0.25, -0.2) is 4.79 Å². The van der Waals surface area contributed by atoms with Crippen molar-refractivity contribution in [3.8, 4) is 0 Å². The Labute approximate surface area is 117 Å². The summed E-state index contributed by atoms with van der Waals surface area (Å²) in [4.78, 5) is 34.3. The standard InChI is InChI=1S/C14H19N3O3/c1-8(2)12(17-14(15)20)13(19)16-11-6-4-5-10(7-11)9(3)18/h4-8,12H,1-3H3,(H,16,19)(H3,15,17,20)/t12-/m0/s1. The monoisotopic (exact) mass is 277 g/mol. The normalized spacial score (nSPS) is 11.8. The van der Waals surface area contributed by atoms with Gasteiger partial charge in [-0.05, 0) is 25.0 Å². The van der Waals surface area contributed by atoms with Gasteiger partial charge in [0, 0.05) is 11.3 Å². The molecule has 0 saturated carbocycles. The third-order valence-corrected chi connectivity index (χ3v) is 2.78. The van der Waals surface area contributed by atoms with E-state index in [2.05, 4.69) is 10.6 Å². The fourth-order valence-electron chi connectivity index (χ4n) is 1.72. The molecule has 1 atom stereocenters. The summed E-state index contributed by atoms with van der Waals surface area (Å²) in [7, 11) is 0. The van der Waals surface area contributed by atoms with Gasteiger partial charge in [0.25, 0.3) is 0 Å². The van der Waals surface area contributed by atoms with Crippen LogP contribution in [0, 0.1) is 5.92 Å². The van der Waals surface area contributed by atoms with E-state index in [0.717, 1.165) is 0 Å². The molecule has 0 aliphatic carbocycles. The quantitative estimate of drug-likeness (QED) is 0.711. The minimum atomic E-state index is -0.753. The van der Waals surface area contributed by atoms with Crippen LogP contribution in [-0.2, 0) is 4.79 Å². The molecular formula is C14H19N3O3. The summed E-state index contributed by atoms with van der Waals surface area (Å²) in [6.45, 7) is 5.05. The molecule has 3 amide bonds. The summed E-state index contributed by atoms with van der Waals surface area (Å²) in [5.41, 5.74) is 6.06. The Morgan fingerprint density at radius 1 is 1.20 bits per heavy atom. The second-order valence-electron chi connectivity index (χ2n) is 4.86. The van der Waals surface area contributed by atoms with Crippen molar-refractivity contribution in [2.45, 2.75) is 26.8 Å². The van der Waals surface area contributed by atoms with Crippen LogP contribution in [0.25, 0.3) is 0 Å². The Hall–Kier alpha value is -2.37. The predicted molar refractivity (Wildman–Crippen MR) is 76.4 cm³/mol. The zero-order chi connectivity index (χ0) is 15.3. The highest BCUT2D eigenvalue weighted by Crippen LogP contribution is 2.13. The van der Waals surface area contributed by atoms with Crippen LogP contribution in [0.1, 0.15) is 31.1 Å². The van der Waals surface area contributed by atoms with E-state index in [-0.39, 0.29) is 17.6 Å². The van der Waals surface area contributed by atoms with Crippen molar-refractivity contribution in [1.82, 2.24) is 5.32 Å². The van der Waals surface area contributed by atoms with Crippen molar-refractivity contribution >= 4 is 23.4 Å². The van der Waals surface area contributed by atoms with Gasteiger partial charge in [0.1, 0.15) is 6.04 Å². The van der Waals surface area contributed by atoms with E-state index < -0.39 is 12.1 Å². The maximum Gasteiger partial charge on any atom is 0.312 e. The highest BCUT2D eigenvalue weighted by molar-refractivity contribution is 5.99. The Bertz CT molecular complexity index is 526. The van der Waals surface area contributed by atoms with E-state index in [1.165, 1.54) is 6.92 Å². The molecule has 6 nitrogen and oxygen atoms in total. The van der Waals surface area contributed by atoms with Crippen LogP contribution in [0.5, 0.6) is 0 Å². The van der Waals surface area contributed by atoms with E-state index in [9.17, 15) is 14.4 Å². The van der Waals surface area contributed by atoms with Crippen molar-refractivity contribution in [2.75, 3.05) is 5.32 Å². The summed E-state index contributed by atoms with van der Waals surface area (Å²) in [5.74, 6) is -0.574. The maximum atomic E-state index is 12.1. The first kappa shape index (κ1) is 15.7. The van der Waals surface area contributed by atoms with Crippen LogP contribution in [-0.4, -0.2) is 23.8 Å². The predicted octanol–water partition coefficient (Wildman–Crippen LogP) is 1.52. The molecule has 0 aromatic heterocycles. The first-order valence-electron chi connectivity index (χ1n) is 6.29. The minimum Gasteiger partial charge on any atom is -0.352 e. The zero-order valence-corrected chi connectivity index (χ0v) is 11.8. The molecule has 20 heavy (non-hydrogen) atoms. The number of Topliss-reactive ketones (excluding diaryl/α,β-unsaturated/α-hetero) is 1. The highest BCUT2D eigenvalue weighted by atomic mass is 16.2. The molecule has 1 aromatic rings. The molecule has 0 aliphatic heterocycles. The lowest BCUT2D eigenvalue weighted by atomic mass is 10.0. The summed E-state index contributed by atoms with van der Waals surface area (Å²) in [6, 6.07) is 5.12. The van der Waals surface area contributed by atoms with E-state index in [0.29, 0.717) is 11.3 Å². The molecule has 0 aliphatic rings. The van der Waals surface area contributed by atoms with Crippen LogP contribution in [0.3, 0.4) is 0 Å². The van der Waals surface area contributed by atoms with Gasteiger partial charge in [-0.2, -0.15) is 0 Å². The van der Waals surface area contributed by atoms with Gasteiger partial charge in [0.15, 0.2) is 5.78 Å². The van der Waals surface area contributed by atoms with E-state index in [4.69, 9.17) is 5.73 Å². The maximum absolute atomic E-state index is 12.1. The number of nitrogens with one attached hydrogen (secondary N) is 2. The van der Waals surface area contributed by atoms with Gasteiger partial charge < -0.3 is 16.4 Å². The lowest BCUT2D eigenvalue weighted by Crippen LogP contribution is -2.49. The van der Waals surface area contributed by atoms with E-state index in [1.54, 1.807) is 38.1 Å². The second kappa shape index (κ2) is 6.70. The average Bonchev–Trinajstić information content (AvgIpc) is 2.35. The summed E-state index contributed by atoms with van der Waals surface area (Å²) in [5, 5.41) is 5.06. The Morgan fingerprint density at radius 2 is 1.85 bits per heavy atom. The van der Waals surface area contributed by atoms with Crippen LogP contribution in [0.15, 0.2) is 24.3 Å². The highest BCUT2D eigenvalue weighted by Gasteiger charge is 2.23. The van der Waals surface area contributed by atoms with E-state index in [1.807, 2.05) is 0 Å². The number of nitrogens with two attached hydrogens (primary N) is 1. The topological polar surface area (TPSA) is 101 Å². The number of rotatable bonds is 5. The molecule has 0 fully saturated rings.